The van der Waals surface area contributed by atoms with Crippen molar-refractivity contribution in [2.45, 2.75) is 9.79 Å². The number of halogens is 1. The van der Waals surface area contributed by atoms with Crippen molar-refractivity contribution in [3.63, 3.8) is 0 Å². The summed E-state index contributed by atoms with van der Waals surface area (Å²) >= 11 is 4.01. The maximum absolute atomic E-state index is 12.3. The lowest BCUT2D eigenvalue weighted by Crippen LogP contribution is -2.05. The van der Waals surface area contributed by atoms with Gasteiger partial charge in [0.25, 0.3) is 0 Å². The van der Waals surface area contributed by atoms with Gasteiger partial charge < -0.3 is 10.8 Å². The molecule has 0 radical (unpaired) electrons. The number of carbonyl (C=O) groups is 1. The average Bonchev–Trinajstić information content (AvgIpc) is 2.72. The van der Waals surface area contributed by atoms with Crippen molar-refractivity contribution in [2.24, 2.45) is 0 Å². The van der Waals surface area contributed by atoms with E-state index in [0.717, 1.165) is 15.8 Å². The topological polar surface area (TPSA) is 97.5 Å². The van der Waals surface area contributed by atoms with E-state index in [0.29, 0.717) is 0 Å². The number of hydrogen-bond donors (Lipinski definition) is 2. The third-order valence-corrected chi connectivity index (χ3v) is 5.87. The fourth-order valence-electron chi connectivity index (χ4n) is 1.47. The van der Waals surface area contributed by atoms with Crippen LogP contribution in [0.15, 0.2) is 43.9 Å². The molecule has 0 saturated heterocycles. The Morgan fingerprint density at radius 2 is 1.84 bits per heavy atom. The molecule has 0 spiro atoms. The highest BCUT2D eigenvalue weighted by molar-refractivity contribution is 9.10. The number of hydrogen-bond acceptors (Lipinski definition) is 5. The molecule has 0 aliphatic rings. The molecule has 0 unspecified atom stereocenters. The summed E-state index contributed by atoms with van der Waals surface area (Å²) in [7, 11) is -3.80. The summed E-state index contributed by atoms with van der Waals surface area (Å²) in [6, 6.07) is 6.04. The Balaban J connectivity index is 2.57. The molecule has 2 aromatic rings. The van der Waals surface area contributed by atoms with Gasteiger partial charge in [0.15, 0.2) is 0 Å². The van der Waals surface area contributed by atoms with E-state index in [9.17, 15) is 13.2 Å². The highest BCUT2D eigenvalue weighted by atomic mass is 79.9. The summed E-state index contributed by atoms with van der Waals surface area (Å²) in [4.78, 5) is 10.6. The number of thiophene rings is 1. The summed E-state index contributed by atoms with van der Waals surface area (Å²) < 4.78 is 25.4. The van der Waals surface area contributed by atoms with E-state index in [1.165, 1.54) is 17.5 Å². The van der Waals surface area contributed by atoms with Crippen molar-refractivity contribution >= 4 is 48.8 Å². The van der Waals surface area contributed by atoms with Crippen LogP contribution < -0.4 is 5.73 Å². The van der Waals surface area contributed by atoms with Crippen LogP contribution in [0.25, 0.3) is 0 Å². The average molecular weight is 362 g/mol. The molecule has 0 amide bonds. The largest absolute Gasteiger partial charge is 0.477 e. The molecule has 1 aromatic heterocycles. The highest BCUT2D eigenvalue weighted by Crippen LogP contribution is 2.33. The number of carboxylic acid groups (broad SMARTS) is 1. The summed E-state index contributed by atoms with van der Waals surface area (Å²) in [5.74, 6) is -1.24. The molecule has 3 N–H and O–H groups in total. The number of carboxylic acids is 1. The number of anilines is 1. The van der Waals surface area contributed by atoms with Crippen molar-refractivity contribution in [2.75, 3.05) is 5.73 Å². The molecule has 0 aliphatic heterocycles. The smallest absolute Gasteiger partial charge is 0.348 e. The Labute approximate surface area is 121 Å². The number of benzene rings is 1. The first kappa shape index (κ1) is 14.0. The van der Waals surface area contributed by atoms with Crippen LogP contribution in [0.4, 0.5) is 5.69 Å². The Kier molecular flexibility index (Phi) is 3.66. The second-order valence-electron chi connectivity index (χ2n) is 3.61. The first-order chi connectivity index (χ1) is 8.84. The van der Waals surface area contributed by atoms with Gasteiger partial charge in [0.1, 0.15) is 9.77 Å². The molecule has 0 bridgehead atoms. The van der Waals surface area contributed by atoms with Crippen LogP contribution >= 0.6 is 27.3 Å². The maximum Gasteiger partial charge on any atom is 0.348 e. The van der Waals surface area contributed by atoms with Crippen LogP contribution in [0.2, 0.25) is 0 Å². The lowest BCUT2D eigenvalue weighted by atomic mass is 10.4. The van der Waals surface area contributed by atoms with Gasteiger partial charge in [-0.1, -0.05) is 15.9 Å². The molecule has 2 rings (SSSR count). The second-order valence-corrected chi connectivity index (χ2v) is 7.32. The molecule has 1 heterocycles. The molecular weight excluding hydrogens is 354 g/mol. The Morgan fingerprint density at radius 3 is 2.32 bits per heavy atom. The molecule has 0 atom stereocenters. The normalized spacial score (nSPS) is 11.4. The molecular formula is C11H8BrNO4S2. The van der Waals surface area contributed by atoms with Crippen LogP contribution in [-0.2, 0) is 9.84 Å². The van der Waals surface area contributed by atoms with Crippen molar-refractivity contribution in [3.8, 4) is 0 Å². The predicted molar refractivity (Wildman–Crippen MR) is 75.3 cm³/mol. The van der Waals surface area contributed by atoms with E-state index < -0.39 is 15.8 Å². The first-order valence-electron chi connectivity index (χ1n) is 4.95. The number of sulfone groups is 1. The molecule has 0 aliphatic carbocycles. The number of rotatable bonds is 3. The van der Waals surface area contributed by atoms with Gasteiger partial charge in [0.2, 0.25) is 9.84 Å². The van der Waals surface area contributed by atoms with Gasteiger partial charge in [-0.15, -0.1) is 11.3 Å². The van der Waals surface area contributed by atoms with Gasteiger partial charge in [-0.05, 0) is 24.3 Å². The quantitative estimate of drug-likeness (QED) is 0.875. The predicted octanol–water partition coefficient (Wildman–Crippen LogP) is 2.62. The van der Waals surface area contributed by atoms with Crippen LogP contribution in [0.1, 0.15) is 9.67 Å². The molecule has 1 aromatic carbocycles. The van der Waals surface area contributed by atoms with E-state index >= 15 is 0 Å². The SMILES string of the molecule is Nc1c(S(=O)(=O)c2ccc(Br)cc2)csc1C(=O)O. The monoisotopic (exact) mass is 361 g/mol. The number of aromatic carboxylic acids is 1. The Morgan fingerprint density at radius 1 is 1.26 bits per heavy atom. The van der Waals surface area contributed by atoms with E-state index in [1.54, 1.807) is 12.1 Å². The maximum atomic E-state index is 12.3. The van der Waals surface area contributed by atoms with E-state index in [2.05, 4.69) is 15.9 Å². The van der Waals surface area contributed by atoms with Crippen molar-refractivity contribution in [3.05, 3.63) is 39.0 Å². The second kappa shape index (κ2) is 4.95. The van der Waals surface area contributed by atoms with Crippen LogP contribution in [0.5, 0.6) is 0 Å². The van der Waals surface area contributed by atoms with Gasteiger partial charge >= 0.3 is 5.97 Å². The molecule has 0 fully saturated rings. The summed E-state index contributed by atoms with van der Waals surface area (Å²) in [5, 5.41) is 10.1. The lowest BCUT2D eigenvalue weighted by Gasteiger charge is -2.04. The zero-order valence-corrected chi connectivity index (χ0v) is 12.5. The van der Waals surface area contributed by atoms with Crippen molar-refractivity contribution in [1.82, 2.24) is 0 Å². The fourth-order valence-corrected chi connectivity index (χ4v) is 4.28. The van der Waals surface area contributed by atoms with Gasteiger partial charge in [0, 0.05) is 9.85 Å². The van der Waals surface area contributed by atoms with Gasteiger partial charge in [-0.25, -0.2) is 13.2 Å². The van der Waals surface area contributed by atoms with Crippen LogP contribution in [-0.4, -0.2) is 19.5 Å². The molecule has 8 heteroatoms. The third kappa shape index (κ3) is 2.51. The van der Waals surface area contributed by atoms with Crippen LogP contribution in [0.3, 0.4) is 0 Å². The Bertz CT molecular complexity index is 735. The summed E-state index contributed by atoms with van der Waals surface area (Å²) in [6.45, 7) is 0. The zero-order valence-electron chi connectivity index (χ0n) is 9.33. The molecule has 5 nitrogen and oxygen atoms in total. The molecule has 100 valence electrons. The summed E-state index contributed by atoms with van der Waals surface area (Å²) in [6.07, 6.45) is 0. The van der Waals surface area contributed by atoms with Gasteiger partial charge in [-0.3, -0.25) is 0 Å². The third-order valence-electron chi connectivity index (χ3n) is 2.40. The van der Waals surface area contributed by atoms with Gasteiger partial charge in [-0.2, -0.15) is 0 Å². The van der Waals surface area contributed by atoms with E-state index in [1.807, 2.05) is 0 Å². The zero-order chi connectivity index (χ0) is 14.2. The van der Waals surface area contributed by atoms with Gasteiger partial charge in [0.05, 0.1) is 10.6 Å². The fraction of sp³-hybridized carbons (Fsp3) is 0. The van der Waals surface area contributed by atoms with E-state index in [-0.39, 0.29) is 20.4 Å². The lowest BCUT2D eigenvalue weighted by molar-refractivity contribution is 0.0703. The molecule has 0 saturated carbocycles. The Hall–Kier alpha value is -1.38. The van der Waals surface area contributed by atoms with Crippen LogP contribution in [0, 0.1) is 0 Å². The highest BCUT2D eigenvalue weighted by Gasteiger charge is 2.25. The standard InChI is InChI=1S/C11H8BrNO4S2/c12-6-1-3-7(4-2-6)19(16,17)8-5-18-10(9(8)13)11(14)15/h1-5H,13H2,(H,14,15). The summed E-state index contributed by atoms with van der Waals surface area (Å²) in [5.41, 5.74) is 5.38. The minimum Gasteiger partial charge on any atom is -0.477 e. The van der Waals surface area contributed by atoms with Crippen molar-refractivity contribution in [1.29, 1.82) is 0 Å². The number of nitrogens with two attached hydrogens (primary N) is 1. The van der Waals surface area contributed by atoms with Crippen molar-refractivity contribution < 1.29 is 18.3 Å². The first-order valence-corrected chi connectivity index (χ1v) is 8.10. The minimum absolute atomic E-state index is 0.0668. The minimum atomic E-state index is -3.80. The molecule has 19 heavy (non-hydrogen) atoms. The van der Waals surface area contributed by atoms with E-state index in [4.69, 9.17) is 10.8 Å². The number of nitrogen functional groups attached to an aromatic ring is 1.